The molecule has 1 aliphatic carbocycles. The Hall–Kier alpha value is -3.91. The molecule has 0 N–H and O–H groups in total. The van der Waals surface area contributed by atoms with Gasteiger partial charge in [-0.25, -0.2) is 19.4 Å². The molecule has 1 saturated heterocycles. The second-order valence-corrected chi connectivity index (χ2v) is 8.88. The first-order chi connectivity index (χ1) is 16.6. The molecule has 1 amide bonds. The lowest BCUT2D eigenvalue weighted by Gasteiger charge is -2.32. The van der Waals surface area contributed by atoms with Crippen LogP contribution in [0.1, 0.15) is 33.2 Å². The molecule has 0 radical (unpaired) electrons. The monoisotopic (exact) mass is 454 g/mol. The van der Waals surface area contributed by atoms with Gasteiger partial charge in [0.05, 0.1) is 6.04 Å². The molecule has 0 bridgehead atoms. The van der Waals surface area contributed by atoms with Crippen molar-refractivity contribution in [1.29, 1.82) is 0 Å². The molecule has 7 nitrogen and oxygen atoms in total. The molecule has 1 aliphatic heterocycles. The highest BCUT2D eigenvalue weighted by molar-refractivity contribution is 5.92. The van der Waals surface area contributed by atoms with Crippen LogP contribution in [0.5, 0.6) is 0 Å². The van der Waals surface area contributed by atoms with E-state index in [1.807, 2.05) is 29.3 Å². The van der Waals surface area contributed by atoms with E-state index in [4.69, 9.17) is 0 Å². The van der Waals surface area contributed by atoms with Gasteiger partial charge < -0.3 is 0 Å². The third-order valence-corrected chi connectivity index (χ3v) is 6.65. The van der Waals surface area contributed by atoms with Crippen molar-refractivity contribution in [2.45, 2.75) is 19.0 Å². The number of aromatic nitrogens is 4. The van der Waals surface area contributed by atoms with Crippen molar-refractivity contribution in [3.05, 3.63) is 101 Å². The van der Waals surface area contributed by atoms with Crippen LogP contribution < -0.4 is 0 Å². The van der Waals surface area contributed by atoms with Crippen LogP contribution >= 0.6 is 0 Å². The van der Waals surface area contributed by atoms with Crippen molar-refractivity contribution in [3.8, 4) is 11.4 Å². The van der Waals surface area contributed by atoms with Crippen LogP contribution in [0.15, 0.2) is 73.2 Å². The van der Waals surface area contributed by atoms with Crippen molar-refractivity contribution in [2.24, 2.45) is 13.0 Å². The van der Waals surface area contributed by atoms with Crippen molar-refractivity contribution >= 4 is 5.91 Å². The summed E-state index contributed by atoms with van der Waals surface area (Å²) in [5.74, 6) is 0.514. The molecule has 2 atom stereocenters. The number of amides is 1. The van der Waals surface area contributed by atoms with E-state index in [-0.39, 0.29) is 23.7 Å². The first-order valence-electron chi connectivity index (χ1n) is 11.3. The highest BCUT2D eigenvalue weighted by Gasteiger charge is 2.47. The Morgan fingerprint density at radius 3 is 2.74 bits per heavy atom. The van der Waals surface area contributed by atoms with Crippen LogP contribution in [-0.2, 0) is 20.0 Å². The summed E-state index contributed by atoms with van der Waals surface area (Å²) in [6.07, 6.45) is 5.97. The number of carbonyl (C=O) groups is 1. The van der Waals surface area contributed by atoms with Gasteiger partial charge in [0.1, 0.15) is 5.82 Å². The van der Waals surface area contributed by atoms with Gasteiger partial charge in [-0.3, -0.25) is 14.5 Å². The molecular weight excluding hydrogens is 431 g/mol. The van der Waals surface area contributed by atoms with Gasteiger partial charge in [0, 0.05) is 50.2 Å². The van der Waals surface area contributed by atoms with Gasteiger partial charge in [0.15, 0.2) is 11.5 Å². The second-order valence-electron chi connectivity index (χ2n) is 8.88. The summed E-state index contributed by atoms with van der Waals surface area (Å²) in [5.41, 5.74) is 4.49. The predicted molar refractivity (Wildman–Crippen MR) is 124 cm³/mol. The molecule has 2 aliphatic rings. The minimum absolute atomic E-state index is 0.0000985. The molecule has 0 spiro atoms. The smallest absolute Gasteiger partial charge is 0.275 e. The number of carbonyl (C=O) groups excluding carboxylic acids is 1. The maximum absolute atomic E-state index is 13.9. The maximum Gasteiger partial charge on any atom is 0.288 e. The number of nitrogens with zero attached hydrogens (tertiary/aromatic N) is 6. The number of hydrogen-bond acceptors (Lipinski definition) is 5. The summed E-state index contributed by atoms with van der Waals surface area (Å²) in [6.45, 7) is 1.09. The number of halogens is 1. The lowest BCUT2D eigenvalue weighted by Crippen LogP contribution is -2.42. The Morgan fingerprint density at radius 2 is 1.94 bits per heavy atom. The van der Waals surface area contributed by atoms with Crippen LogP contribution in [0, 0.1) is 11.7 Å². The van der Waals surface area contributed by atoms with E-state index in [1.165, 1.54) is 6.07 Å². The molecule has 8 heteroatoms. The molecule has 2 aromatic heterocycles. The normalized spacial score (nSPS) is 19.3. The second kappa shape index (κ2) is 8.14. The molecule has 6 rings (SSSR count). The molecular formula is C26H23FN6O. The summed E-state index contributed by atoms with van der Waals surface area (Å²) in [7, 11) is 1.80. The van der Waals surface area contributed by atoms with Crippen LogP contribution in [0.2, 0.25) is 0 Å². The Morgan fingerprint density at radius 1 is 1.09 bits per heavy atom. The summed E-state index contributed by atoms with van der Waals surface area (Å²) >= 11 is 0. The lowest BCUT2D eigenvalue weighted by atomic mass is 10.0. The summed E-state index contributed by atoms with van der Waals surface area (Å²) in [4.78, 5) is 22.2. The lowest BCUT2D eigenvalue weighted by molar-refractivity contribution is -0.00305. The van der Waals surface area contributed by atoms with Gasteiger partial charge in [-0.15, -0.1) is 0 Å². The number of fused-ring (bicyclic) bond motifs is 3. The molecule has 2 aromatic carbocycles. The zero-order valence-electron chi connectivity index (χ0n) is 18.7. The number of hydrazine groups is 1. The third kappa shape index (κ3) is 3.56. The summed E-state index contributed by atoms with van der Waals surface area (Å²) in [6, 6.07) is 16.6. The minimum atomic E-state index is -0.220. The van der Waals surface area contributed by atoms with E-state index in [0.29, 0.717) is 24.6 Å². The fraction of sp³-hybridized carbons (Fsp3) is 0.231. The molecule has 0 unspecified atom stereocenters. The Labute approximate surface area is 196 Å². The zero-order valence-corrected chi connectivity index (χ0v) is 18.7. The standard InChI is InChI=1S/C26H23FN6O/c1-31-11-8-23(30-31)26(34)33-16-20-13-19-14-21(27)6-7-22(19)24(20)32(33)15-17-4-2-5-18(12-17)25-28-9-3-10-29-25/h2-12,14,20,24H,13,15-16H2,1H3/t20-,24+/m0/s1. The average molecular weight is 455 g/mol. The highest BCUT2D eigenvalue weighted by atomic mass is 19.1. The van der Waals surface area contributed by atoms with Crippen molar-refractivity contribution in [2.75, 3.05) is 6.54 Å². The predicted octanol–water partition coefficient (Wildman–Crippen LogP) is 3.80. The number of aryl methyl sites for hydroxylation is 1. The summed E-state index contributed by atoms with van der Waals surface area (Å²) in [5, 5.41) is 8.27. The first-order valence-corrected chi connectivity index (χ1v) is 11.3. The van der Waals surface area contributed by atoms with Gasteiger partial charge in [0.25, 0.3) is 5.91 Å². The summed E-state index contributed by atoms with van der Waals surface area (Å²) < 4.78 is 15.6. The molecule has 4 aromatic rings. The average Bonchev–Trinajstić information content (AvgIpc) is 3.53. The fourth-order valence-electron chi connectivity index (χ4n) is 5.22. The minimum Gasteiger partial charge on any atom is -0.275 e. The first kappa shape index (κ1) is 20.7. The molecule has 34 heavy (non-hydrogen) atoms. The topological polar surface area (TPSA) is 67.2 Å². The third-order valence-electron chi connectivity index (χ3n) is 6.65. The van der Waals surface area contributed by atoms with E-state index >= 15 is 0 Å². The van der Waals surface area contributed by atoms with Crippen molar-refractivity contribution in [1.82, 2.24) is 29.8 Å². The van der Waals surface area contributed by atoms with Crippen LogP contribution in [0.25, 0.3) is 11.4 Å². The Balaban J connectivity index is 1.37. The SMILES string of the molecule is Cn1ccc(C(=O)N2C[C@@H]3Cc4cc(F)ccc4[C@@H]3N2Cc2cccc(-c3ncccn3)c2)n1. The zero-order chi connectivity index (χ0) is 23.2. The van der Waals surface area contributed by atoms with E-state index in [0.717, 1.165) is 28.7 Å². The number of hydrogen-bond donors (Lipinski definition) is 0. The highest BCUT2D eigenvalue weighted by Crippen LogP contribution is 2.47. The molecule has 0 saturated carbocycles. The van der Waals surface area contributed by atoms with Crippen molar-refractivity contribution in [3.63, 3.8) is 0 Å². The molecule has 1 fully saturated rings. The van der Waals surface area contributed by atoms with E-state index < -0.39 is 0 Å². The molecule has 170 valence electrons. The largest absolute Gasteiger partial charge is 0.288 e. The quantitative estimate of drug-likeness (QED) is 0.469. The maximum atomic E-state index is 13.9. The van der Waals surface area contributed by atoms with Gasteiger partial charge in [-0.05, 0) is 53.4 Å². The van der Waals surface area contributed by atoms with E-state index in [2.05, 4.69) is 26.1 Å². The number of rotatable bonds is 4. The van der Waals surface area contributed by atoms with Crippen LogP contribution in [0.3, 0.4) is 0 Å². The van der Waals surface area contributed by atoms with Gasteiger partial charge in [-0.2, -0.15) is 5.10 Å². The Bertz CT molecular complexity index is 1370. The van der Waals surface area contributed by atoms with E-state index in [9.17, 15) is 9.18 Å². The van der Waals surface area contributed by atoms with Crippen LogP contribution in [-0.4, -0.2) is 42.2 Å². The van der Waals surface area contributed by atoms with Gasteiger partial charge >= 0.3 is 0 Å². The molecule has 3 heterocycles. The number of benzene rings is 2. The van der Waals surface area contributed by atoms with Gasteiger partial charge in [0.2, 0.25) is 0 Å². The van der Waals surface area contributed by atoms with Crippen molar-refractivity contribution < 1.29 is 9.18 Å². The fourth-order valence-corrected chi connectivity index (χ4v) is 5.22. The van der Waals surface area contributed by atoms with Gasteiger partial charge in [-0.1, -0.05) is 24.3 Å². The Kier molecular flexibility index (Phi) is 4.95. The van der Waals surface area contributed by atoms with Crippen LogP contribution in [0.4, 0.5) is 4.39 Å². The van der Waals surface area contributed by atoms with E-state index in [1.54, 1.807) is 48.5 Å².